The van der Waals surface area contributed by atoms with Gasteiger partial charge in [-0.05, 0) is 43.9 Å². The first-order valence-corrected chi connectivity index (χ1v) is 7.54. The minimum atomic E-state index is 0.349. The summed E-state index contributed by atoms with van der Waals surface area (Å²) in [5, 5.41) is 3.64. The van der Waals surface area contributed by atoms with Gasteiger partial charge in [0.2, 0.25) is 5.91 Å². The number of hydrogen-bond donors (Lipinski definition) is 1. The van der Waals surface area contributed by atoms with E-state index in [-0.39, 0.29) is 0 Å². The Kier molecular flexibility index (Phi) is 4.66. The monoisotopic (exact) mass is 252 g/mol. The van der Waals surface area contributed by atoms with Crippen molar-refractivity contribution in [2.45, 2.75) is 64.5 Å². The number of carbonyl (C=O) groups is 1. The van der Waals surface area contributed by atoms with E-state index >= 15 is 0 Å². The normalized spacial score (nSPS) is 30.8. The van der Waals surface area contributed by atoms with E-state index in [1.165, 1.54) is 25.7 Å². The van der Waals surface area contributed by atoms with Gasteiger partial charge in [-0.25, -0.2) is 0 Å². The molecule has 2 aliphatic rings. The molecule has 2 saturated heterocycles. The van der Waals surface area contributed by atoms with E-state index in [0.717, 1.165) is 19.4 Å². The van der Waals surface area contributed by atoms with Gasteiger partial charge in [0.25, 0.3) is 0 Å². The van der Waals surface area contributed by atoms with Gasteiger partial charge in [0.15, 0.2) is 0 Å². The molecule has 3 nitrogen and oxygen atoms in total. The van der Waals surface area contributed by atoms with E-state index in [4.69, 9.17) is 0 Å². The Labute approximate surface area is 111 Å². The third-order valence-electron chi connectivity index (χ3n) is 4.50. The van der Waals surface area contributed by atoms with Crippen LogP contribution in [-0.4, -0.2) is 36.5 Å². The van der Waals surface area contributed by atoms with Gasteiger partial charge in [-0.1, -0.05) is 13.8 Å². The second-order valence-electron chi connectivity index (χ2n) is 6.68. The van der Waals surface area contributed by atoms with Gasteiger partial charge in [-0.2, -0.15) is 0 Å². The predicted octanol–water partition coefficient (Wildman–Crippen LogP) is 2.41. The molecule has 0 aromatic carbocycles. The summed E-state index contributed by atoms with van der Waals surface area (Å²) in [6.07, 6.45) is 6.93. The van der Waals surface area contributed by atoms with Crippen LogP contribution in [0.3, 0.4) is 0 Å². The van der Waals surface area contributed by atoms with Crippen LogP contribution < -0.4 is 5.32 Å². The van der Waals surface area contributed by atoms with E-state index in [9.17, 15) is 4.79 Å². The molecule has 18 heavy (non-hydrogen) atoms. The highest BCUT2D eigenvalue weighted by atomic mass is 16.2. The molecule has 2 aliphatic heterocycles. The smallest absolute Gasteiger partial charge is 0.222 e. The Morgan fingerprint density at radius 1 is 1.28 bits per heavy atom. The van der Waals surface area contributed by atoms with Crippen LogP contribution >= 0.6 is 0 Å². The maximum absolute atomic E-state index is 12.2. The standard InChI is InChI=1S/C15H28N2O/c1-11(2)6-7-17(3)15(18)10-12-8-13-4-5-14(9-12)16-13/h11-14,16H,4-10H2,1-3H3. The quantitative estimate of drug-likeness (QED) is 0.815. The second kappa shape index (κ2) is 6.05. The molecule has 3 heteroatoms. The topological polar surface area (TPSA) is 32.3 Å². The van der Waals surface area contributed by atoms with Crippen molar-refractivity contribution in [3.8, 4) is 0 Å². The first kappa shape index (κ1) is 13.9. The largest absolute Gasteiger partial charge is 0.346 e. The fourth-order valence-corrected chi connectivity index (χ4v) is 3.32. The maximum Gasteiger partial charge on any atom is 0.222 e. The van der Waals surface area contributed by atoms with Crippen molar-refractivity contribution in [1.29, 1.82) is 0 Å². The van der Waals surface area contributed by atoms with E-state index in [1.54, 1.807) is 0 Å². The molecular formula is C15H28N2O. The van der Waals surface area contributed by atoms with Crippen LogP contribution in [0.25, 0.3) is 0 Å². The molecule has 0 aliphatic carbocycles. The highest BCUT2D eigenvalue weighted by Crippen LogP contribution is 2.32. The van der Waals surface area contributed by atoms with Crippen LogP contribution in [0.1, 0.15) is 52.4 Å². The summed E-state index contributed by atoms with van der Waals surface area (Å²) in [6, 6.07) is 1.39. The summed E-state index contributed by atoms with van der Waals surface area (Å²) < 4.78 is 0. The fourth-order valence-electron chi connectivity index (χ4n) is 3.32. The summed E-state index contributed by atoms with van der Waals surface area (Å²) in [7, 11) is 1.96. The van der Waals surface area contributed by atoms with E-state index in [2.05, 4.69) is 19.2 Å². The molecule has 0 aromatic heterocycles. The maximum atomic E-state index is 12.2. The van der Waals surface area contributed by atoms with Gasteiger partial charge in [0.05, 0.1) is 0 Å². The number of nitrogens with zero attached hydrogens (tertiary/aromatic N) is 1. The third-order valence-corrected chi connectivity index (χ3v) is 4.50. The van der Waals surface area contributed by atoms with Gasteiger partial charge in [-0.3, -0.25) is 4.79 Å². The summed E-state index contributed by atoms with van der Waals surface area (Å²) in [5.74, 6) is 1.65. The minimum Gasteiger partial charge on any atom is -0.346 e. The van der Waals surface area contributed by atoms with Crippen molar-refractivity contribution in [1.82, 2.24) is 10.2 Å². The lowest BCUT2D eigenvalue weighted by Gasteiger charge is -2.30. The van der Waals surface area contributed by atoms with Crippen molar-refractivity contribution >= 4 is 5.91 Å². The number of amides is 1. The molecule has 2 heterocycles. The lowest BCUT2D eigenvalue weighted by Crippen LogP contribution is -2.40. The van der Waals surface area contributed by atoms with Gasteiger partial charge >= 0.3 is 0 Å². The number of nitrogens with one attached hydrogen (secondary N) is 1. The fraction of sp³-hybridized carbons (Fsp3) is 0.933. The Morgan fingerprint density at radius 2 is 1.89 bits per heavy atom. The third kappa shape index (κ3) is 3.71. The second-order valence-corrected chi connectivity index (χ2v) is 6.68. The number of carbonyl (C=O) groups excluding carboxylic acids is 1. The molecule has 2 unspecified atom stereocenters. The Balaban J connectivity index is 1.73. The van der Waals surface area contributed by atoms with Crippen LogP contribution in [0.4, 0.5) is 0 Å². The van der Waals surface area contributed by atoms with Crippen molar-refractivity contribution in [2.75, 3.05) is 13.6 Å². The van der Waals surface area contributed by atoms with E-state index in [1.807, 2.05) is 11.9 Å². The number of rotatable bonds is 5. The van der Waals surface area contributed by atoms with Crippen LogP contribution in [0, 0.1) is 11.8 Å². The summed E-state index contributed by atoms with van der Waals surface area (Å²) in [4.78, 5) is 14.1. The Bertz CT molecular complexity index is 278. The summed E-state index contributed by atoms with van der Waals surface area (Å²) >= 11 is 0. The zero-order valence-electron chi connectivity index (χ0n) is 12.1. The molecule has 2 fully saturated rings. The van der Waals surface area contributed by atoms with Crippen LogP contribution in [0.5, 0.6) is 0 Å². The van der Waals surface area contributed by atoms with Crippen LogP contribution in [0.15, 0.2) is 0 Å². The molecule has 0 spiro atoms. The van der Waals surface area contributed by atoms with Crippen molar-refractivity contribution in [3.63, 3.8) is 0 Å². The molecule has 2 bridgehead atoms. The highest BCUT2D eigenvalue weighted by Gasteiger charge is 2.34. The predicted molar refractivity (Wildman–Crippen MR) is 74.4 cm³/mol. The van der Waals surface area contributed by atoms with Crippen molar-refractivity contribution in [2.24, 2.45) is 11.8 Å². The molecule has 0 saturated carbocycles. The minimum absolute atomic E-state index is 0.349. The molecule has 0 aromatic rings. The number of piperidine rings is 1. The zero-order valence-corrected chi connectivity index (χ0v) is 12.1. The number of hydrogen-bond acceptors (Lipinski definition) is 2. The van der Waals surface area contributed by atoms with Gasteiger partial charge in [0.1, 0.15) is 0 Å². The Morgan fingerprint density at radius 3 is 2.44 bits per heavy atom. The van der Waals surface area contributed by atoms with Crippen molar-refractivity contribution < 1.29 is 4.79 Å². The molecule has 104 valence electrons. The van der Waals surface area contributed by atoms with E-state index < -0.39 is 0 Å². The molecule has 1 N–H and O–H groups in total. The van der Waals surface area contributed by atoms with Crippen molar-refractivity contribution in [3.05, 3.63) is 0 Å². The first-order chi connectivity index (χ1) is 8.54. The average molecular weight is 252 g/mol. The lowest BCUT2D eigenvalue weighted by atomic mass is 9.89. The summed E-state index contributed by atoms with van der Waals surface area (Å²) in [5.41, 5.74) is 0. The van der Waals surface area contributed by atoms with Gasteiger partial charge in [0, 0.05) is 32.1 Å². The molecule has 0 radical (unpaired) electrons. The van der Waals surface area contributed by atoms with Crippen LogP contribution in [0.2, 0.25) is 0 Å². The average Bonchev–Trinajstić information content (AvgIpc) is 2.65. The molecule has 1 amide bonds. The first-order valence-electron chi connectivity index (χ1n) is 7.54. The van der Waals surface area contributed by atoms with Crippen LogP contribution in [-0.2, 0) is 4.79 Å². The molecule has 2 atom stereocenters. The molecule has 2 rings (SSSR count). The lowest BCUT2D eigenvalue weighted by molar-refractivity contribution is -0.131. The highest BCUT2D eigenvalue weighted by molar-refractivity contribution is 5.76. The zero-order chi connectivity index (χ0) is 13.1. The van der Waals surface area contributed by atoms with Gasteiger partial charge < -0.3 is 10.2 Å². The number of fused-ring (bicyclic) bond motifs is 2. The van der Waals surface area contributed by atoms with E-state index in [0.29, 0.717) is 29.8 Å². The molecular weight excluding hydrogens is 224 g/mol. The SMILES string of the molecule is CC(C)CCN(C)C(=O)CC1CC2CCC(C1)N2. The summed E-state index contributed by atoms with van der Waals surface area (Å²) in [6.45, 7) is 5.33. The van der Waals surface area contributed by atoms with Gasteiger partial charge in [-0.15, -0.1) is 0 Å². The Hall–Kier alpha value is -0.570.